The minimum Gasteiger partial charge on any atom is -0.497 e. The van der Waals surface area contributed by atoms with Gasteiger partial charge in [-0.25, -0.2) is 4.98 Å². The van der Waals surface area contributed by atoms with E-state index < -0.39 is 0 Å². The summed E-state index contributed by atoms with van der Waals surface area (Å²) in [5.74, 6) is 1.45. The lowest BCUT2D eigenvalue weighted by atomic mass is 10.3. The molecule has 0 atom stereocenters. The van der Waals surface area contributed by atoms with Crippen LogP contribution >= 0.6 is 0 Å². The number of nitrogens with two attached hydrogens (primary N) is 2. The molecule has 5 N–H and O–H groups in total. The Balaban J connectivity index is 2.16. The molecule has 0 aliphatic heterocycles. The minimum atomic E-state index is 0.260. The fourth-order valence-corrected chi connectivity index (χ4v) is 1.27. The van der Waals surface area contributed by atoms with Crippen molar-refractivity contribution in [3.05, 3.63) is 30.5 Å². The first-order chi connectivity index (χ1) is 8.19. The number of hydrogen-bond acceptors (Lipinski definition) is 6. The SMILES string of the molecule is COc1ccc(Nc2ncc(N)c(N)n2)cc1. The molecule has 0 unspecified atom stereocenters. The monoisotopic (exact) mass is 231 g/mol. The van der Waals surface area contributed by atoms with Crippen molar-refractivity contribution in [2.45, 2.75) is 0 Å². The van der Waals surface area contributed by atoms with E-state index in [1.165, 1.54) is 6.20 Å². The Morgan fingerprint density at radius 1 is 1.18 bits per heavy atom. The Labute approximate surface area is 98.6 Å². The molecule has 17 heavy (non-hydrogen) atoms. The summed E-state index contributed by atoms with van der Waals surface area (Å²) in [6.45, 7) is 0. The van der Waals surface area contributed by atoms with E-state index in [0.29, 0.717) is 11.6 Å². The zero-order valence-corrected chi connectivity index (χ0v) is 9.34. The molecule has 2 rings (SSSR count). The van der Waals surface area contributed by atoms with Gasteiger partial charge < -0.3 is 21.5 Å². The maximum absolute atomic E-state index is 5.58. The summed E-state index contributed by atoms with van der Waals surface area (Å²) in [4.78, 5) is 8.03. The van der Waals surface area contributed by atoms with Crippen LogP contribution in [0.2, 0.25) is 0 Å². The number of nitrogen functional groups attached to an aromatic ring is 2. The summed E-state index contributed by atoms with van der Waals surface area (Å²) in [5.41, 5.74) is 12.3. The first kappa shape index (κ1) is 11.0. The third kappa shape index (κ3) is 2.54. The molecule has 0 radical (unpaired) electrons. The average Bonchev–Trinajstić information content (AvgIpc) is 2.35. The molecule has 0 saturated heterocycles. The Morgan fingerprint density at radius 2 is 1.88 bits per heavy atom. The summed E-state index contributed by atoms with van der Waals surface area (Å²) in [5, 5.41) is 3.01. The molecule has 2 aromatic rings. The molecular formula is C11H13N5O. The maximum atomic E-state index is 5.58. The number of anilines is 4. The third-order valence-electron chi connectivity index (χ3n) is 2.19. The average molecular weight is 231 g/mol. The molecule has 1 aromatic heterocycles. The Kier molecular flexibility index (Phi) is 2.95. The molecule has 0 aliphatic carbocycles. The molecule has 0 saturated carbocycles. The van der Waals surface area contributed by atoms with Crippen LogP contribution in [-0.2, 0) is 0 Å². The number of hydrogen-bond donors (Lipinski definition) is 3. The van der Waals surface area contributed by atoms with Gasteiger partial charge in [0.25, 0.3) is 0 Å². The van der Waals surface area contributed by atoms with Crippen LogP contribution in [0.15, 0.2) is 30.5 Å². The van der Waals surface area contributed by atoms with Gasteiger partial charge in [0.2, 0.25) is 5.95 Å². The number of rotatable bonds is 3. The first-order valence-electron chi connectivity index (χ1n) is 4.98. The molecule has 0 amide bonds. The minimum absolute atomic E-state index is 0.260. The van der Waals surface area contributed by atoms with Crippen LogP contribution in [0.5, 0.6) is 5.75 Å². The molecule has 1 aromatic carbocycles. The van der Waals surface area contributed by atoms with E-state index in [2.05, 4.69) is 15.3 Å². The highest BCUT2D eigenvalue weighted by molar-refractivity contribution is 5.61. The van der Waals surface area contributed by atoms with Crippen LogP contribution in [0.3, 0.4) is 0 Å². The van der Waals surface area contributed by atoms with Crippen LogP contribution in [0.4, 0.5) is 23.1 Å². The van der Waals surface area contributed by atoms with Gasteiger partial charge in [-0.2, -0.15) is 4.98 Å². The van der Waals surface area contributed by atoms with Crippen molar-refractivity contribution < 1.29 is 4.74 Å². The van der Waals surface area contributed by atoms with E-state index in [1.54, 1.807) is 7.11 Å². The summed E-state index contributed by atoms with van der Waals surface area (Å²) < 4.78 is 5.06. The van der Waals surface area contributed by atoms with E-state index in [4.69, 9.17) is 16.2 Å². The molecule has 0 bridgehead atoms. The van der Waals surface area contributed by atoms with Gasteiger partial charge in [0.15, 0.2) is 5.82 Å². The molecule has 6 heteroatoms. The van der Waals surface area contributed by atoms with Crippen molar-refractivity contribution in [1.29, 1.82) is 0 Å². The van der Waals surface area contributed by atoms with Crippen molar-refractivity contribution in [3.63, 3.8) is 0 Å². The fraction of sp³-hybridized carbons (Fsp3) is 0.0909. The molecular weight excluding hydrogens is 218 g/mol. The quantitative estimate of drug-likeness (QED) is 0.738. The summed E-state index contributed by atoms with van der Waals surface area (Å²) in [6, 6.07) is 7.38. The highest BCUT2D eigenvalue weighted by Gasteiger charge is 2.01. The number of aromatic nitrogens is 2. The topological polar surface area (TPSA) is 99.1 Å². The van der Waals surface area contributed by atoms with Gasteiger partial charge >= 0.3 is 0 Å². The lowest BCUT2D eigenvalue weighted by Crippen LogP contribution is -2.03. The highest BCUT2D eigenvalue weighted by Crippen LogP contribution is 2.19. The van der Waals surface area contributed by atoms with Gasteiger partial charge in [0.05, 0.1) is 19.0 Å². The van der Waals surface area contributed by atoms with Gasteiger partial charge in [-0.05, 0) is 24.3 Å². The van der Waals surface area contributed by atoms with Crippen LogP contribution in [0, 0.1) is 0 Å². The first-order valence-corrected chi connectivity index (χ1v) is 4.98. The number of methoxy groups -OCH3 is 1. The number of ether oxygens (including phenoxy) is 1. The predicted octanol–water partition coefficient (Wildman–Crippen LogP) is 1.39. The van der Waals surface area contributed by atoms with Gasteiger partial charge in [0, 0.05) is 5.69 Å². The standard InChI is InChI=1S/C11H13N5O/c1-17-8-4-2-7(3-5-8)15-11-14-6-9(12)10(13)16-11/h2-6H,12H2,1H3,(H3,13,14,15,16). The van der Waals surface area contributed by atoms with Gasteiger partial charge in [-0.1, -0.05) is 0 Å². The van der Waals surface area contributed by atoms with E-state index in [1.807, 2.05) is 24.3 Å². The van der Waals surface area contributed by atoms with Crippen molar-refractivity contribution >= 4 is 23.1 Å². The number of nitrogens with one attached hydrogen (secondary N) is 1. The van der Waals surface area contributed by atoms with Crippen LogP contribution < -0.4 is 21.5 Å². The van der Waals surface area contributed by atoms with Crippen molar-refractivity contribution in [3.8, 4) is 5.75 Å². The fourth-order valence-electron chi connectivity index (χ4n) is 1.27. The summed E-state index contributed by atoms with van der Waals surface area (Å²) in [7, 11) is 1.62. The lowest BCUT2D eigenvalue weighted by molar-refractivity contribution is 0.415. The molecule has 88 valence electrons. The lowest BCUT2D eigenvalue weighted by Gasteiger charge is -2.06. The zero-order chi connectivity index (χ0) is 12.3. The largest absolute Gasteiger partial charge is 0.497 e. The van der Waals surface area contributed by atoms with Crippen LogP contribution in [-0.4, -0.2) is 17.1 Å². The second-order valence-electron chi connectivity index (χ2n) is 3.39. The third-order valence-corrected chi connectivity index (χ3v) is 2.19. The maximum Gasteiger partial charge on any atom is 0.229 e. The predicted molar refractivity (Wildman–Crippen MR) is 67.1 cm³/mol. The van der Waals surface area contributed by atoms with Crippen LogP contribution in [0.25, 0.3) is 0 Å². The molecule has 0 fully saturated rings. The summed E-state index contributed by atoms with van der Waals surface area (Å²) >= 11 is 0. The zero-order valence-electron chi connectivity index (χ0n) is 9.34. The van der Waals surface area contributed by atoms with Gasteiger partial charge in [-0.3, -0.25) is 0 Å². The number of nitrogens with zero attached hydrogens (tertiary/aromatic N) is 2. The molecule has 0 aliphatic rings. The van der Waals surface area contributed by atoms with E-state index in [-0.39, 0.29) is 5.82 Å². The van der Waals surface area contributed by atoms with Crippen molar-refractivity contribution in [2.24, 2.45) is 0 Å². The highest BCUT2D eigenvalue weighted by atomic mass is 16.5. The van der Waals surface area contributed by atoms with Crippen molar-refractivity contribution in [1.82, 2.24) is 9.97 Å². The van der Waals surface area contributed by atoms with Crippen LogP contribution in [0.1, 0.15) is 0 Å². The molecule has 0 spiro atoms. The van der Waals surface area contributed by atoms with Crippen molar-refractivity contribution in [2.75, 3.05) is 23.9 Å². The Morgan fingerprint density at radius 3 is 2.47 bits per heavy atom. The van der Waals surface area contributed by atoms with Gasteiger partial charge in [-0.15, -0.1) is 0 Å². The van der Waals surface area contributed by atoms with Gasteiger partial charge in [0.1, 0.15) is 5.75 Å². The smallest absolute Gasteiger partial charge is 0.229 e. The molecule has 6 nitrogen and oxygen atoms in total. The number of benzene rings is 1. The van der Waals surface area contributed by atoms with E-state index >= 15 is 0 Å². The Hall–Kier alpha value is -2.50. The summed E-state index contributed by atoms with van der Waals surface area (Å²) in [6.07, 6.45) is 1.47. The Bertz CT molecular complexity index is 512. The second kappa shape index (κ2) is 4.56. The van der Waals surface area contributed by atoms with E-state index in [9.17, 15) is 0 Å². The van der Waals surface area contributed by atoms with E-state index in [0.717, 1.165) is 11.4 Å². The second-order valence-corrected chi connectivity index (χ2v) is 3.39. The molecule has 1 heterocycles. The normalized spacial score (nSPS) is 9.94.